The molecule has 1 N–H and O–H groups in total. The summed E-state index contributed by atoms with van der Waals surface area (Å²) >= 11 is 0. The molecule has 1 saturated heterocycles. The van der Waals surface area contributed by atoms with Crippen molar-refractivity contribution < 1.29 is 12.8 Å². The summed E-state index contributed by atoms with van der Waals surface area (Å²) in [5, 5.41) is 2.94. The van der Waals surface area contributed by atoms with Gasteiger partial charge in [-0.05, 0) is 50.9 Å². The van der Waals surface area contributed by atoms with Gasteiger partial charge in [-0.15, -0.1) is 0 Å². The highest BCUT2D eigenvalue weighted by Gasteiger charge is 2.40. The molecule has 2 unspecified atom stereocenters. The third-order valence-corrected chi connectivity index (χ3v) is 6.28. The Morgan fingerprint density at radius 1 is 1.38 bits per heavy atom. The van der Waals surface area contributed by atoms with Gasteiger partial charge in [0.05, 0.1) is 4.90 Å². The lowest BCUT2D eigenvalue weighted by Gasteiger charge is -2.28. The van der Waals surface area contributed by atoms with Crippen LogP contribution in [0, 0.1) is 5.82 Å². The molecular formula is C15H23FN2O2S. The maximum atomic E-state index is 13.6. The van der Waals surface area contributed by atoms with Crippen LogP contribution in [0.3, 0.4) is 0 Å². The SMILES string of the molecule is CCC1CCC(C)N1S(=O)(=O)c1cc(F)ccc1CNC. The van der Waals surface area contributed by atoms with Gasteiger partial charge >= 0.3 is 0 Å². The number of nitrogens with zero attached hydrogens (tertiary/aromatic N) is 1. The average Bonchev–Trinajstić information content (AvgIpc) is 2.82. The van der Waals surface area contributed by atoms with Gasteiger partial charge in [-0.2, -0.15) is 4.31 Å². The van der Waals surface area contributed by atoms with Crippen molar-refractivity contribution in [3.63, 3.8) is 0 Å². The van der Waals surface area contributed by atoms with Gasteiger partial charge < -0.3 is 5.32 Å². The predicted molar refractivity (Wildman–Crippen MR) is 81.0 cm³/mol. The minimum absolute atomic E-state index is 0.00991. The Hall–Kier alpha value is -0.980. The van der Waals surface area contributed by atoms with Crippen LogP contribution in [0.5, 0.6) is 0 Å². The lowest BCUT2D eigenvalue weighted by molar-refractivity contribution is 0.328. The summed E-state index contributed by atoms with van der Waals surface area (Å²) in [6, 6.07) is 3.96. The molecule has 1 aliphatic heterocycles. The summed E-state index contributed by atoms with van der Waals surface area (Å²) in [5.41, 5.74) is 0.604. The van der Waals surface area contributed by atoms with Crippen molar-refractivity contribution in [2.45, 2.75) is 56.6 Å². The van der Waals surface area contributed by atoms with Crippen molar-refractivity contribution in [3.05, 3.63) is 29.6 Å². The smallest absolute Gasteiger partial charge is 0.243 e. The molecule has 1 fully saturated rings. The molecule has 21 heavy (non-hydrogen) atoms. The van der Waals surface area contributed by atoms with Crippen molar-refractivity contribution in [2.24, 2.45) is 0 Å². The third-order valence-electron chi connectivity index (χ3n) is 4.14. The molecule has 6 heteroatoms. The fourth-order valence-corrected chi connectivity index (χ4v) is 5.27. The molecule has 2 rings (SSSR count). The van der Waals surface area contributed by atoms with Gasteiger partial charge in [0.15, 0.2) is 0 Å². The summed E-state index contributed by atoms with van der Waals surface area (Å²) in [6.07, 6.45) is 2.50. The summed E-state index contributed by atoms with van der Waals surface area (Å²) < 4.78 is 41.1. The molecule has 0 amide bonds. The van der Waals surface area contributed by atoms with Crippen LogP contribution in [0.25, 0.3) is 0 Å². The first-order valence-electron chi connectivity index (χ1n) is 7.38. The van der Waals surface area contributed by atoms with Crippen LogP contribution in [0.4, 0.5) is 4.39 Å². The third kappa shape index (κ3) is 3.12. The zero-order valence-corrected chi connectivity index (χ0v) is 13.6. The molecule has 0 radical (unpaired) electrons. The molecule has 2 atom stereocenters. The number of sulfonamides is 1. The van der Waals surface area contributed by atoms with Crippen molar-refractivity contribution >= 4 is 10.0 Å². The average molecular weight is 314 g/mol. The van der Waals surface area contributed by atoms with E-state index < -0.39 is 15.8 Å². The molecule has 1 heterocycles. The second-order valence-corrected chi connectivity index (χ2v) is 7.42. The van der Waals surface area contributed by atoms with Crippen LogP contribution in [-0.4, -0.2) is 31.9 Å². The highest BCUT2D eigenvalue weighted by molar-refractivity contribution is 7.89. The molecule has 1 aromatic rings. The molecule has 0 aliphatic carbocycles. The van der Waals surface area contributed by atoms with Gasteiger partial charge in [0, 0.05) is 18.6 Å². The standard InChI is InChI=1S/C15H23FN2O2S/c1-4-14-8-5-11(2)18(14)21(19,20)15-9-13(16)7-6-12(15)10-17-3/h6-7,9,11,14,17H,4-5,8,10H2,1-3H3. The summed E-state index contributed by atoms with van der Waals surface area (Å²) in [4.78, 5) is 0.0871. The lowest BCUT2D eigenvalue weighted by Crippen LogP contribution is -2.40. The normalized spacial score (nSPS) is 23.6. The molecule has 0 spiro atoms. The minimum atomic E-state index is -3.67. The second-order valence-electron chi connectivity index (χ2n) is 5.61. The Kier molecular flexibility index (Phi) is 5.01. The Labute approximate surface area is 126 Å². The first kappa shape index (κ1) is 16.4. The Bertz CT molecular complexity index is 604. The Morgan fingerprint density at radius 3 is 2.71 bits per heavy atom. The van der Waals surface area contributed by atoms with Gasteiger partial charge in [0.25, 0.3) is 0 Å². The van der Waals surface area contributed by atoms with Crippen LogP contribution in [0.2, 0.25) is 0 Å². The quantitative estimate of drug-likeness (QED) is 0.908. The molecule has 0 aromatic heterocycles. The van der Waals surface area contributed by atoms with Gasteiger partial charge in [-0.25, -0.2) is 12.8 Å². The summed E-state index contributed by atoms with van der Waals surface area (Å²) in [7, 11) is -1.93. The highest BCUT2D eigenvalue weighted by atomic mass is 32.2. The van der Waals surface area contributed by atoms with E-state index in [1.165, 1.54) is 6.07 Å². The second kappa shape index (κ2) is 6.42. The topological polar surface area (TPSA) is 49.4 Å². The minimum Gasteiger partial charge on any atom is -0.316 e. The first-order valence-corrected chi connectivity index (χ1v) is 8.82. The lowest BCUT2D eigenvalue weighted by atomic mass is 10.2. The van der Waals surface area contributed by atoms with Crippen LogP contribution < -0.4 is 5.32 Å². The number of benzene rings is 1. The van der Waals surface area contributed by atoms with E-state index in [4.69, 9.17) is 0 Å². The van der Waals surface area contributed by atoms with Gasteiger partial charge in [-0.3, -0.25) is 0 Å². The number of hydrogen-bond acceptors (Lipinski definition) is 3. The van der Waals surface area contributed by atoms with E-state index in [0.29, 0.717) is 12.1 Å². The Morgan fingerprint density at radius 2 is 2.10 bits per heavy atom. The van der Waals surface area contributed by atoms with E-state index in [2.05, 4.69) is 5.32 Å². The van der Waals surface area contributed by atoms with Crippen molar-refractivity contribution in [2.75, 3.05) is 7.05 Å². The highest BCUT2D eigenvalue weighted by Crippen LogP contribution is 2.33. The number of rotatable bonds is 5. The van der Waals surface area contributed by atoms with Gasteiger partial charge in [0.1, 0.15) is 5.82 Å². The molecular weight excluding hydrogens is 291 g/mol. The monoisotopic (exact) mass is 314 g/mol. The van der Waals surface area contributed by atoms with E-state index in [0.717, 1.165) is 25.3 Å². The largest absolute Gasteiger partial charge is 0.316 e. The molecule has 0 bridgehead atoms. The molecule has 0 saturated carbocycles. The van der Waals surface area contributed by atoms with Crippen molar-refractivity contribution in [3.8, 4) is 0 Å². The van der Waals surface area contributed by atoms with Crippen LogP contribution in [0.1, 0.15) is 38.7 Å². The summed E-state index contributed by atoms with van der Waals surface area (Å²) in [5.74, 6) is -0.520. The number of nitrogens with one attached hydrogen (secondary N) is 1. The van der Waals surface area contributed by atoms with Crippen LogP contribution >= 0.6 is 0 Å². The van der Waals surface area contributed by atoms with Gasteiger partial charge in [0.2, 0.25) is 10.0 Å². The fraction of sp³-hybridized carbons (Fsp3) is 0.600. The van der Waals surface area contributed by atoms with Crippen LogP contribution in [0.15, 0.2) is 23.1 Å². The maximum Gasteiger partial charge on any atom is 0.243 e. The molecule has 1 aliphatic rings. The molecule has 4 nitrogen and oxygen atoms in total. The molecule has 1 aromatic carbocycles. The summed E-state index contributed by atoms with van der Waals surface area (Å²) in [6.45, 7) is 4.31. The van der Waals surface area contributed by atoms with E-state index in [9.17, 15) is 12.8 Å². The van der Waals surface area contributed by atoms with Crippen molar-refractivity contribution in [1.29, 1.82) is 0 Å². The Balaban J connectivity index is 2.50. The predicted octanol–water partition coefficient (Wildman–Crippen LogP) is 2.50. The van der Waals surface area contributed by atoms with Crippen molar-refractivity contribution in [1.82, 2.24) is 9.62 Å². The van der Waals surface area contributed by atoms with Gasteiger partial charge in [-0.1, -0.05) is 13.0 Å². The van der Waals surface area contributed by atoms with E-state index >= 15 is 0 Å². The van der Waals surface area contributed by atoms with E-state index in [-0.39, 0.29) is 17.0 Å². The number of hydrogen-bond donors (Lipinski definition) is 1. The zero-order chi connectivity index (χ0) is 15.6. The number of halogens is 1. The van der Waals surface area contributed by atoms with Crippen LogP contribution in [-0.2, 0) is 16.6 Å². The van der Waals surface area contributed by atoms with E-state index in [1.807, 2.05) is 13.8 Å². The first-order chi connectivity index (χ1) is 9.91. The zero-order valence-electron chi connectivity index (χ0n) is 12.8. The molecule has 118 valence electrons. The van der Waals surface area contributed by atoms with E-state index in [1.54, 1.807) is 17.4 Å². The maximum absolute atomic E-state index is 13.6. The fourth-order valence-electron chi connectivity index (χ4n) is 3.08.